The molecule has 4 heteroatoms. The molecule has 0 heterocycles. The number of rotatable bonds is 4. The third kappa shape index (κ3) is 2.58. The van der Waals surface area contributed by atoms with E-state index in [4.69, 9.17) is 5.73 Å². The Balaban J connectivity index is 2.30. The summed E-state index contributed by atoms with van der Waals surface area (Å²) < 4.78 is 0. The molecular formula is C14H21N3O. The molecule has 1 fully saturated rings. The maximum absolute atomic E-state index is 11.8. The van der Waals surface area contributed by atoms with E-state index >= 15 is 0 Å². The molecule has 0 saturated heterocycles. The Hall–Kier alpha value is -1.71. The fourth-order valence-electron chi connectivity index (χ4n) is 2.25. The maximum Gasteiger partial charge on any atom is 0.253 e. The number of carbonyl (C=O) groups is 1. The predicted octanol–water partition coefficient (Wildman–Crippen LogP) is 2.23. The molecule has 1 amide bonds. The zero-order chi connectivity index (χ0) is 13.3. The van der Waals surface area contributed by atoms with E-state index in [0.29, 0.717) is 17.2 Å². The third-order valence-corrected chi connectivity index (χ3v) is 3.57. The molecule has 2 rings (SSSR count). The average Bonchev–Trinajstić information content (AvgIpc) is 3.11. The molecule has 0 atom stereocenters. The van der Waals surface area contributed by atoms with Gasteiger partial charge in [-0.3, -0.25) is 4.79 Å². The SMILES string of the molecule is CNC(=O)c1ccc(N)cc1NC(C)(C)C1CC1. The van der Waals surface area contributed by atoms with Gasteiger partial charge in [0, 0.05) is 24.0 Å². The normalized spacial score (nSPS) is 15.3. The van der Waals surface area contributed by atoms with Crippen molar-refractivity contribution in [3.63, 3.8) is 0 Å². The van der Waals surface area contributed by atoms with Crippen LogP contribution in [0.3, 0.4) is 0 Å². The predicted molar refractivity (Wildman–Crippen MR) is 74.7 cm³/mol. The van der Waals surface area contributed by atoms with E-state index in [1.807, 2.05) is 6.07 Å². The van der Waals surface area contributed by atoms with Gasteiger partial charge in [0.2, 0.25) is 0 Å². The minimum atomic E-state index is -0.0934. The minimum absolute atomic E-state index is 0.00341. The van der Waals surface area contributed by atoms with E-state index in [9.17, 15) is 4.79 Å². The highest BCUT2D eigenvalue weighted by Gasteiger charge is 2.38. The van der Waals surface area contributed by atoms with Crippen molar-refractivity contribution in [1.29, 1.82) is 0 Å². The Labute approximate surface area is 108 Å². The number of amides is 1. The molecule has 0 radical (unpaired) electrons. The summed E-state index contributed by atoms with van der Waals surface area (Å²) in [5.74, 6) is 0.584. The van der Waals surface area contributed by atoms with Gasteiger partial charge in [-0.15, -0.1) is 0 Å². The monoisotopic (exact) mass is 247 g/mol. The Kier molecular flexibility index (Phi) is 3.20. The van der Waals surface area contributed by atoms with E-state index in [2.05, 4.69) is 24.5 Å². The molecule has 0 aromatic heterocycles. The first-order valence-corrected chi connectivity index (χ1v) is 6.34. The molecule has 1 aromatic carbocycles. The van der Waals surface area contributed by atoms with Crippen molar-refractivity contribution in [2.75, 3.05) is 18.1 Å². The average molecular weight is 247 g/mol. The second kappa shape index (κ2) is 4.52. The standard InChI is InChI=1S/C14H21N3O/c1-14(2,9-4-5-9)17-12-8-10(15)6-7-11(12)13(18)16-3/h6-9,17H,4-5,15H2,1-3H3,(H,16,18). The molecule has 18 heavy (non-hydrogen) atoms. The molecule has 1 saturated carbocycles. The molecule has 0 unspecified atom stereocenters. The van der Waals surface area contributed by atoms with Crippen LogP contribution >= 0.6 is 0 Å². The van der Waals surface area contributed by atoms with Crippen LogP contribution in [0.1, 0.15) is 37.0 Å². The summed E-state index contributed by atoms with van der Waals surface area (Å²) in [7, 11) is 1.63. The van der Waals surface area contributed by atoms with Crippen molar-refractivity contribution in [2.45, 2.75) is 32.2 Å². The van der Waals surface area contributed by atoms with Crippen LogP contribution in [0.15, 0.2) is 18.2 Å². The van der Waals surface area contributed by atoms with E-state index in [-0.39, 0.29) is 11.4 Å². The highest BCUT2D eigenvalue weighted by atomic mass is 16.1. The highest BCUT2D eigenvalue weighted by Crippen LogP contribution is 2.41. The summed E-state index contributed by atoms with van der Waals surface area (Å²) in [4.78, 5) is 11.8. The Morgan fingerprint density at radius 2 is 2.06 bits per heavy atom. The van der Waals surface area contributed by atoms with Gasteiger partial charge in [-0.2, -0.15) is 0 Å². The van der Waals surface area contributed by atoms with Crippen LogP contribution in [0.2, 0.25) is 0 Å². The van der Waals surface area contributed by atoms with Crippen molar-refractivity contribution in [1.82, 2.24) is 5.32 Å². The van der Waals surface area contributed by atoms with E-state index < -0.39 is 0 Å². The van der Waals surface area contributed by atoms with Crippen LogP contribution in [-0.4, -0.2) is 18.5 Å². The van der Waals surface area contributed by atoms with Gasteiger partial charge in [0.1, 0.15) is 0 Å². The Bertz CT molecular complexity index is 464. The Morgan fingerprint density at radius 3 is 2.61 bits per heavy atom. The second-order valence-corrected chi connectivity index (χ2v) is 5.51. The van der Waals surface area contributed by atoms with Crippen molar-refractivity contribution in [3.05, 3.63) is 23.8 Å². The molecule has 1 aromatic rings. The number of nitrogens with one attached hydrogen (secondary N) is 2. The minimum Gasteiger partial charge on any atom is -0.399 e. The lowest BCUT2D eigenvalue weighted by atomic mass is 9.97. The van der Waals surface area contributed by atoms with Crippen LogP contribution < -0.4 is 16.4 Å². The maximum atomic E-state index is 11.8. The molecular weight excluding hydrogens is 226 g/mol. The first-order chi connectivity index (χ1) is 8.44. The lowest BCUT2D eigenvalue weighted by Crippen LogP contribution is -2.34. The summed E-state index contributed by atoms with van der Waals surface area (Å²) in [6.45, 7) is 4.34. The number of carbonyl (C=O) groups excluding carboxylic acids is 1. The summed E-state index contributed by atoms with van der Waals surface area (Å²) in [6.07, 6.45) is 2.50. The smallest absolute Gasteiger partial charge is 0.253 e. The number of nitrogen functional groups attached to an aromatic ring is 1. The van der Waals surface area contributed by atoms with Gasteiger partial charge in [0.25, 0.3) is 5.91 Å². The largest absolute Gasteiger partial charge is 0.399 e. The van der Waals surface area contributed by atoms with Gasteiger partial charge in [0.15, 0.2) is 0 Å². The number of hydrogen-bond donors (Lipinski definition) is 3. The molecule has 0 aliphatic heterocycles. The van der Waals surface area contributed by atoms with E-state index in [1.165, 1.54) is 12.8 Å². The lowest BCUT2D eigenvalue weighted by Gasteiger charge is -2.28. The summed E-state index contributed by atoms with van der Waals surface area (Å²) in [5.41, 5.74) is 7.92. The molecule has 1 aliphatic carbocycles. The topological polar surface area (TPSA) is 67.2 Å². The van der Waals surface area contributed by atoms with Gasteiger partial charge in [-0.1, -0.05) is 0 Å². The van der Waals surface area contributed by atoms with Gasteiger partial charge in [-0.25, -0.2) is 0 Å². The van der Waals surface area contributed by atoms with E-state index in [1.54, 1.807) is 19.2 Å². The van der Waals surface area contributed by atoms with Gasteiger partial charge < -0.3 is 16.4 Å². The first kappa shape index (κ1) is 12.7. The molecule has 4 nitrogen and oxygen atoms in total. The molecule has 1 aliphatic rings. The van der Waals surface area contributed by atoms with Crippen molar-refractivity contribution in [3.8, 4) is 0 Å². The van der Waals surface area contributed by atoms with Crippen LogP contribution in [0.5, 0.6) is 0 Å². The number of nitrogens with two attached hydrogens (primary N) is 1. The lowest BCUT2D eigenvalue weighted by molar-refractivity contribution is 0.0964. The summed E-state index contributed by atoms with van der Waals surface area (Å²) >= 11 is 0. The quantitative estimate of drug-likeness (QED) is 0.715. The van der Waals surface area contributed by atoms with Crippen LogP contribution in [0.4, 0.5) is 11.4 Å². The molecule has 0 bridgehead atoms. The van der Waals surface area contributed by atoms with Gasteiger partial charge in [0.05, 0.1) is 5.56 Å². The first-order valence-electron chi connectivity index (χ1n) is 6.34. The van der Waals surface area contributed by atoms with Crippen molar-refractivity contribution in [2.24, 2.45) is 5.92 Å². The Morgan fingerprint density at radius 1 is 1.39 bits per heavy atom. The van der Waals surface area contributed by atoms with Crippen LogP contribution in [-0.2, 0) is 0 Å². The van der Waals surface area contributed by atoms with Crippen molar-refractivity contribution < 1.29 is 4.79 Å². The van der Waals surface area contributed by atoms with E-state index in [0.717, 1.165) is 5.69 Å². The van der Waals surface area contributed by atoms with Crippen molar-refractivity contribution >= 4 is 17.3 Å². The number of anilines is 2. The summed E-state index contributed by atoms with van der Waals surface area (Å²) in [5, 5.41) is 6.12. The molecule has 98 valence electrons. The highest BCUT2D eigenvalue weighted by molar-refractivity contribution is 6.00. The number of benzene rings is 1. The molecule has 4 N–H and O–H groups in total. The fourth-order valence-corrected chi connectivity index (χ4v) is 2.25. The van der Waals surface area contributed by atoms with Crippen LogP contribution in [0.25, 0.3) is 0 Å². The second-order valence-electron chi connectivity index (χ2n) is 5.51. The fraction of sp³-hybridized carbons (Fsp3) is 0.500. The van der Waals surface area contributed by atoms with Gasteiger partial charge >= 0.3 is 0 Å². The van der Waals surface area contributed by atoms with Crippen LogP contribution in [0, 0.1) is 5.92 Å². The number of hydrogen-bond acceptors (Lipinski definition) is 3. The zero-order valence-corrected chi connectivity index (χ0v) is 11.2. The third-order valence-electron chi connectivity index (χ3n) is 3.57. The molecule has 0 spiro atoms. The summed E-state index contributed by atoms with van der Waals surface area (Å²) in [6, 6.07) is 5.34. The van der Waals surface area contributed by atoms with Gasteiger partial charge in [-0.05, 0) is 50.8 Å². The zero-order valence-electron chi connectivity index (χ0n) is 11.2.